The molecule has 30 heavy (non-hydrogen) atoms. The van der Waals surface area contributed by atoms with Gasteiger partial charge < -0.3 is 4.74 Å². The Morgan fingerprint density at radius 2 is 1.13 bits per heavy atom. The molecule has 0 saturated heterocycles. The lowest BCUT2D eigenvalue weighted by Gasteiger charge is -2.26. The third-order valence-electron chi connectivity index (χ3n) is 5.21. The smallest absolute Gasteiger partial charge is 0.269 e. The minimum Gasteiger partial charge on any atom is -0.456 e. The van der Waals surface area contributed by atoms with Gasteiger partial charge in [0.05, 0.1) is 4.92 Å². The molecular weight excluding hydrogens is 374 g/mol. The summed E-state index contributed by atoms with van der Waals surface area (Å²) < 4.78 is 6.16. The number of hydrogen-bond donors (Lipinski definition) is 0. The molecule has 1 aliphatic rings. The minimum absolute atomic E-state index is 0.0731. The van der Waals surface area contributed by atoms with Gasteiger partial charge in [-0.05, 0) is 41.0 Å². The van der Waals surface area contributed by atoms with E-state index in [0.717, 1.165) is 44.9 Å². The van der Waals surface area contributed by atoms with Crippen molar-refractivity contribution in [2.75, 3.05) is 0 Å². The lowest BCUT2D eigenvalue weighted by Crippen LogP contribution is -2.05. The number of hydrogen-bond acceptors (Lipinski definition) is 3. The Hall–Kier alpha value is -4.18. The summed E-state index contributed by atoms with van der Waals surface area (Å²) in [5.74, 6) is 1.59. The SMILES string of the molecule is O=[N+]([O-])c1ccc(C(=C2c3ccccc3Oc3ccccc32)c2ccccc2)cc1. The van der Waals surface area contributed by atoms with E-state index < -0.39 is 0 Å². The number of nitro benzene ring substituents is 1. The number of ether oxygens (including phenoxy) is 1. The number of nitro groups is 1. The second-order valence-corrected chi connectivity index (χ2v) is 7.01. The van der Waals surface area contributed by atoms with Crippen molar-refractivity contribution < 1.29 is 9.66 Å². The average Bonchev–Trinajstić information content (AvgIpc) is 2.80. The molecule has 0 spiro atoms. The molecule has 4 aromatic rings. The molecule has 1 aliphatic heterocycles. The molecule has 0 amide bonds. The summed E-state index contributed by atoms with van der Waals surface area (Å²) in [6, 6.07) is 32.8. The van der Waals surface area contributed by atoms with Crippen molar-refractivity contribution in [1.29, 1.82) is 0 Å². The van der Waals surface area contributed by atoms with Crippen molar-refractivity contribution in [3.05, 3.63) is 135 Å². The average molecular weight is 391 g/mol. The van der Waals surface area contributed by atoms with E-state index in [1.807, 2.05) is 66.7 Å². The second-order valence-electron chi connectivity index (χ2n) is 7.01. The molecular formula is C26H17NO3. The summed E-state index contributed by atoms with van der Waals surface area (Å²) in [5, 5.41) is 11.2. The van der Waals surface area contributed by atoms with Crippen LogP contribution in [0, 0.1) is 10.1 Å². The molecule has 0 atom stereocenters. The fraction of sp³-hybridized carbons (Fsp3) is 0. The standard InChI is InChI=1S/C26H17NO3/c28-27(29)20-16-14-19(15-17-20)25(18-8-2-1-3-9-18)26-21-10-4-6-12-23(21)30-24-13-7-5-11-22(24)26/h1-17H. The molecule has 0 saturated carbocycles. The van der Waals surface area contributed by atoms with Gasteiger partial charge in [-0.25, -0.2) is 0 Å². The van der Waals surface area contributed by atoms with Gasteiger partial charge in [0.25, 0.3) is 5.69 Å². The zero-order valence-corrected chi connectivity index (χ0v) is 16.0. The van der Waals surface area contributed by atoms with E-state index in [0.29, 0.717) is 0 Å². The van der Waals surface area contributed by atoms with Crippen LogP contribution < -0.4 is 4.74 Å². The maximum Gasteiger partial charge on any atom is 0.269 e. The van der Waals surface area contributed by atoms with E-state index in [1.165, 1.54) is 0 Å². The Morgan fingerprint density at radius 3 is 1.70 bits per heavy atom. The number of fused-ring (bicyclic) bond motifs is 2. The quantitative estimate of drug-likeness (QED) is 0.254. The molecule has 0 unspecified atom stereocenters. The van der Waals surface area contributed by atoms with Crippen LogP contribution in [-0.2, 0) is 0 Å². The molecule has 5 rings (SSSR count). The Kier molecular flexibility index (Phi) is 4.37. The first-order chi connectivity index (χ1) is 14.7. The Morgan fingerprint density at radius 1 is 0.633 bits per heavy atom. The molecule has 1 heterocycles. The number of nitrogens with zero attached hydrogens (tertiary/aromatic N) is 1. The zero-order chi connectivity index (χ0) is 20.5. The van der Waals surface area contributed by atoms with Gasteiger partial charge in [-0.2, -0.15) is 0 Å². The van der Waals surface area contributed by atoms with Crippen LogP contribution in [0.5, 0.6) is 11.5 Å². The largest absolute Gasteiger partial charge is 0.456 e. The van der Waals surface area contributed by atoms with Crippen molar-refractivity contribution in [3.63, 3.8) is 0 Å². The van der Waals surface area contributed by atoms with Gasteiger partial charge in [-0.15, -0.1) is 0 Å². The van der Waals surface area contributed by atoms with E-state index >= 15 is 0 Å². The zero-order valence-electron chi connectivity index (χ0n) is 16.0. The van der Waals surface area contributed by atoms with Gasteiger partial charge in [0.15, 0.2) is 0 Å². The van der Waals surface area contributed by atoms with E-state index in [-0.39, 0.29) is 10.6 Å². The van der Waals surface area contributed by atoms with Crippen LogP contribution in [0.15, 0.2) is 103 Å². The molecule has 0 aromatic heterocycles. The lowest BCUT2D eigenvalue weighted by atomic mass is 9.84. The number of non-ortho nitro benzene ring substituents is 1. The number of para-hydroxylation sites is 2. The Bertz CT molecular complexity index is 1230. The Balaban J connectivity index is 1.87. The van der Waals surface area contributed by atoms with Crippen LogP contribution in [0.25, 0.3) is 11.1 Å². The van der Waals surface area contributed by atoms with Crippen molar-refractivity contribution in [2.45, 2.75) is 0 Å². The van der Waals surface area contributed by atoms with Crippen LogP contribution >= 0.6 is 0 Å². The maximum absolute atomic E-state index is 11.2. The molecule has 0 N–H and O–H groups in total. The number of benzene rings is 4. The van der Waals surface area contributed by atoms with Crippen LogP contribution in [-0.4, -0.2) is 4.92 Å². The van der Waals surface area contributed by atoms with Gasteiger partial charge in [0.1, 0.15) is 11.5 Å². The van der Waals surface area contributed by atoms with E-state index in [4.69, 9.17) is 4.74 Å². The molecule has 0 radical (unpaired) electrons. The topological polar surface area (TPSA) is 52.4 Å². The first kappa shape index (κ1) is 17.9. The van der Waals surface area contributed by atoms with Crippen LogP contribution in [0.1, 0.15) is 22.3 Å². The normalized spacial score (nSPS) is 11.8. The first-order valence-electron chi connectivity index (χ1n) is 9.63. The highest BCUT2D eigenvalue weighted by Crippen LogP contribution is 2.48. The van der Waals surface area contributed by atoms with Crippen LogP contribution in [0.4, 0.5) is 5.69 Å². The molecule has 0 fully saturated rings. The highest BCUT2D eigenvalue weighted by Gasteiger charge is 2.25. The van der Waals surface area contributed by atoms with Crippen LogP contribution in [0.2, 0.25) is 0 Å². The predicted octanol–water partition coefficient (Wildman–Crippen LogP) is 6.71. The molecule has 0 aliphatic carbocycles. The highest BCUT2D eigenvalue weighted by molar-refractivity contribution is 6.07. The monoisotopic (exact) mass is 391 g/mol. The molecule has 4 aromatic carbocycles. The predicted molar refractivity (Wildman–Crippen MR) is 118 cm³/mol. The minimum atomic E-state index is -0.377. The summed E-state index contributed by atoms with van der Waals surface area (Å²) in [4.78, 5) is 10.8. The van der Waals surface area contributed by atoms with Crippen molar-refractivity contribution in [2.24, 2.45) is 0 Å². The summed E-state index contributed by atoms with van der Waals surface area (Å²) in [7, 11) is 0. The van der Waals surface area contributed by atoms with Crippen molar-refractivity contribution in [3.8, 4) is 11.5 Å². The van der Waals surface area contributed by atoms with Crippen molar-refractivity contribution in [1.82, 2.24) is 0 Å². The summed E-state index contributed by atoms with van der Waals surface area (Å²) in [6.45, 7) is 0. The van der Waals surface area contributed by atoms with E-state index in [2.05, 4.69) is 24.3 Å². The van der Waals surface area contributed by atoms with Crippen LogP contribution in [0.3, 0.4) is 0 Å². The fourth-order valence-corrected chi connectivity index (χ4v) is 3.87. The summed E-state index contributed by atoms with van der Waals surface area (Å²) in [6.07, 6.45) is 0. The molecule has 0 bridgehead atoms. The summed E-state index contributed by atoms with van der Waals surface area (Å²) in [5.41, 5.74) is 6.06. The van der Waals surface area contributed by atoms with Gasteiger partial charge >= 0.3 is 0 Å². The van der Waals surface area contributed by atoms with Gasteiger partial charge in [0.2, 0.25) is 0 Å². The highest BCUT2D eigenvalue weighted by atomic mass is 16.6. The van der Waals surface area contributed by atoms with Gasteiger partial charge in [-0.1, -0.05) is 66.7 Å². The first-order valence-corrected chi connectivity index (χ1v) is 9.63. The Labute approximate surface area is 173 Å². The van der Waals surface area contributed by atoms with Gasteiger partial charge in [-0.3, -0.25) is 10.1 Å². The van der Waals surface area contributed by atoms with E-state index in [9.17, 15) is 10.1 Å². The second kappa shape index (κ2) is 7.33. The summed E-state index contributed by atoms with van der Waals surface area (Å²) >= 11 is 0. The van der Waals surface area contributed by atoms with Crippen molar-refractivity contribution >= 4 is 16.8 Å². The maximum atomic E-state index is 11.2. The van der Waals surface area contributed by atoms with Gasteiger partial charge in [0, 0.05) is 28.8 Å². The lowest BCUT2D eigenvalue weighted by molar-refractivity contribution is -0.384. The molecule has 4 nitrogen and oxygen atoms in total. The molecule has 4 heteroatoms. The third-order valence-corrected chi connectivity index (χ3v) is 5.21. The van der Waals surface area contributed by atoms with E-state index in [1.54, 1.807) is 12.1 Å². The fourth-order valence-electron chi connectivity index (χ4n) is 3.87. The third kappa shape index (κ3) is 3.05. The molecule has 144 valence electrons. The number of rotatable bonds is 3.